The summed E-state index contributed by atoms with van der Waals surface area (Å²) in [5, 5.41) is 18.1. The molecule has 1 aliphatic rings. The van der Waals surface area contributed by atoms with Crippen molar-refractivity contribution in [3.63, 3.8) is 0 Å². The first-order chi connectivity index (χ1) is 9.61. The molecule has 3 nitrogen and oxygen atoms in total. The Hall–Kier alpha value is -0.905. The molecular formula is C15H23BFNO2. The average Bonchev–Trinajstić information content (AvgIpc) is 2.43. The smallest absolute Gasteiger partial charge is 0.423 e. The van der Waals surface area contributed by atoms with Crippen LogP contribution in [-0.4, -0.2) is 34.7 Å². The van der Waals surface area contributed by atoms with Gasteiger partial charge in [-0.25, -0.2) is 4.39 Å². The number of piperidine rings is 1. The van der Waals surface area contributed by atoms with Gasteiger partial charge in [0.1, 0.15) is 5.82 Å². The van der Waals surface area contributed by atoms with Crippen LogP contribution in [0, 0.1) is 5.82 Å². The molecule has 0 radical (unpaired) electrons. The predicted octanol–water partition coefficient (Wildman–Crippen LogP) is 1.66. The van der Waals surface area contributed by atoms with E-state index in [2.05, 4.69) is 11.8 Å². The Kier molecular flexibility index (Phi) is 5.58. The third kappa shape index (κ3) is 3.81. The summed E-state index contributed by atoms with van der Waals surface area (Å²) < 4.78 is 14.0. The van der Waals surface area contributed by atoms with Crippen molar-refractivity contribution in [2.24, 2.45) is 0 Å². The van der Waals surface area contributed by atoms with Gasteiger partial charge in [0.15, 0.2) is 0 Å². The lowest BCUT2D eigenvalue weighted by atomic mass is 9.80. The van der Waals surface area contributed by atoms with Gasteiger partial charge in [0, 0.05) is 18.2 Å². The Bertz CT molecular complexity index is 440. The zero-order chi connectivity index (χ0) is 14.5. The highest BCUT2D eigenvalue weighted by molar-refractivity contribution is 6.58. The fourth-order valence-electron chi connectivity index (χ4n) is 3.00. The molecule has 0 aliphatic carbocycles. The first-order valence-electron chi connectivity index (χ1n) is 7.50. The van der Waals surface area contributed by atoms with Gasteiger partial charge in [-0.1, -0.05) is 31.9 Å². The van der Waals surface area contributed by atoms with E-state index in [9.17, 15) is 4.39 Å². The van der Waals surface area contributed by atoms with Crippen molar-refractivity contribution < 1.29 is 14.4 Å². The molecule has 2 N–H and O–H groups in total. The van der Waals surface area contributed by atoms with Gasteiger partial charge in [-0.15, -0.1) is 0 Å². The van der Waals surface area contributed by atoms with E-state index in [-0.39, 0.29) is 11.3 Å². The number of benzene rings is 1. The van der Waals surface area contributed by atoms with Crippen LogP contribution in [0.1, 0.15) is 44.6 Å². The Morgan fingerprint density at radius 3 is 2.80 bits per heavy atom. The summed E-state index contributed by atoms with van der Waals surface area (Å²) in [7, 11) is -1.61. The van der Waals surface area contributed by atoms with Crippen LogP contribution in [0.25, 0.3) is 0 Å². The highest BCUT2D eigenvalue weighted by atomic mass is 19.1. The van der Waals surface area contributed by atoms with Gasteiger partial charge in [0.05, 0.1) is 0 Å². The van der Waals surface area contributed by atoms with Crippen molar-refractivity contribution in [1.29, 1.82) is 0 Å². The number of likely N-dealkylation sites (tertiary alicyclic amines) is 1. The lowest BCUT2D eigenvalue weighted by Crippen LogP contribution is -2.39. The normalized spacial score (nSPS) is 20.1. The molecule has 1 fully saturated rings. The van der Waals surface area contributed by atoms with Crippen molar-refractivity contribution in [2.45, 2.75) is 51.6 Å². The van der Waals surface area contributed by atoms with Crippen molar-refractivity contribution in [1.82, 2.24) is 4.90 Å². The molecule has 110 valence electrons. The summed E-state index contributed by atoms with van der Waals surface area (Å²) in [5.74, 6) is -0.351. The predicted molar refractivity (Wildman–Crippen MR) is 79.2 cm³/mol. The van der Waals surface area contributed by atoms with Gasteiger partial charge in [-0.2, -0.15) is 0 Å². The third-order valence-electron chi connectivity index (χ3n) is 4.12. The molecule has 0 spiro atoms. The Morgan fingerprint density at radius 1 is 1.35 bits per heavy atom. The fourth-order valence-corrected chi connectivity index (χ4v) is 3.00. The van der Waals surface area contributed by atoms with Crippen LogP contribution in [0.4, 0.5) is 4.39 Å². The lowest BCUT2D eigenvalue weighted by Gasteiger charge is -2.35. The van der Waals surface area contributed by atoms with Crippen molar-refractivity contribution in [3.8, 4) is 0 Å². The molecular weight excluding hydrogens is 256 g/mol. The highest BCUT2D eigenvalue weighted by Gasteiger charge is 2.23. The van der Waals surface area contributed by atoms with Crippen LogP contribution in [0.5, 0.6) is 0 Å². The number of nitrogens with zero attached hydrogens (tertiary/aromatic N) is 1. The van der Waals surface area contributed by atoms with E-state index in [0.29, 0.717) is 18.2 Å². The van der Waals surface area contributed by atoms with Gasteiger partial charge in [-0.3, -0.25) is 4.90 Å². The molecule has 5 heteroatoms. The number of hydrogen-bond donors (Lipinski definition) is 2. The molecule has 20 heavy (non-hydrogen) atoms. The zero-order valence-electron chi connectivity index (χ0n) is 12.1. The average molecular weight is 279 g/mol. The van der Waals surface area contributed by atoms with Crippen molar-refractivity contribution in [2.75, 3.05) is 6.54 Å². The van der Waals surface area contributed by atoms with E-state index < -0.39 is 7.12 Å². The first-order valence-corrected chi connectivity index (χ1v) is 7.50. The van der Waals surface area contributed by atoms with Crippen LogP contribution in [0.3, 0.4) is 0 Å². The van der Waals surface area contributed by atoms with Crippen LogP contribution >= 0.6 is 0 Å². The third-order valence-corrected chi connectivity index (χ3v) is 4.12. The van der Waals surface area contributed by atoms with Crippen LogP contribution < -0.4 is 5.46 Å². The number of hydrogen-bond acceptors (Lipinski definition) is 3. The van der Waals surface area contributed by atoms with E-state index in [1.165, 1.54) is 25.3 Å². The van der Waals surface area contributed by atoms with E-state index in [1.807, 2.05) is 0 Å². The molecule has 1 unspecified atom stereocenters. The standard InChI is InChI=1S/C15H23BFNO2/c1-2-5-14-6-3-4-9-18(14)11-12-7-8-13(16(19)20)10-15(12)17/h7-8,10,14,19-20H,2-6,9,11H2,1H3. The molecule has 1 aromatic carbocycles. The molecule has 0 saturated carbocycles. The Balaban J connectivity index is 2.08. The van der Waals surface area contributed by atoms with Gasteiger partial charge >= 0.3 is 7.12 Å². The second kappa shape index (κ2) is 7.20. The largest absolute Gasteiger partial charge is 0.488 e. The molecule has 2 rings (SSSR count). The lowest BCUT2D eigenvalue weighted by molar-refractivity contribution is 0.130. The Labute approximate surface area is 120 Å². The summed E-state index contributed by atoms with van der Waals surface area (Å²) in [6.45, 7) is 3.82. The van der Waals surface area contributed by atoms with Crippen LogP contribution in [0.2, 0.25) is 0 Å². The van der Waals surface area contributed by atoms with Crippen LogP contribution in [-0.2, 0) is 6.54 Å². The monoisotopic (exact) mass is 279 g/mol. The minimum Gasteiger partial charge on any atom is -0.423 e. The molecule has 1 saturated heterocycles. The van der Waals surface area contributed by atoms with Crippen LogP contribution in [0.15, 0.2) is 18.2 Å². The minimum absolute atomic E-state index is 0.204. The summed E-state index contributed by atoms with van der Waals surface area (Å²) in [4.78, 5) is 2.36. The van der Waals surface area contributed by atoms with E-state index in [0.717, 1.165) is 19.4 Å². The maximum absolute atomic E-state index is 14.0. The second-order valence-corrected chi connectivity index (χ2v) is 5.63. The second-order valence-electron chi connectivity index (χ2n) is 5.63. The topological polar surface area (TPSA) is 43.7 Å². The Morgan fingerprint density at radius 2 is 2.15 bits per heavy atom. The zero-order valence-corrected chi connectivity index (χ0v) is 12.1. The summed E-state index contributed by atoms with van der Waals surface area (Å²) in [5.41, 5.74) is 0.840. The fraction of sp³-hybridized carbons (Fsp3) is 0.600. The minimum atomic E-state index is -1.61. The summed E-state index contributed by atoms with van der Waals surface area (Å²) in [6, 6.07) is 5.03. The molecule has 1 heterocycles. The summed E-state index contributed by atoms with van der Waals surface area (Å²) in [6.07, 6.45) is 5.95. The van der Waals surface area contributed by atoms with Crippen molar-refractivity contribution in [3.05, 3.63) is 29.6 Å². The SMILES string of the molecule is CCCC1CCCCN1Cc1ccc(B(O)O)cc1F. The first kappa shape index (κ1) is 15.5. The van der Waals surface area contributed by atoms with Gasteiger partial charge in [0.25, 0.3) is 0 Å². The van der Waals surface area contributed by atoms with Crippen molar-refractivity contribution >= 4 is 12.6 Å². The molecule has 0 amide bonds. The van der Waals surface area contributed by atoms with E-state index >= 15 is 0 Å². The molecule has 0 aromatic heterocycles. The molecule has 1 aromatic rings. The van der Waals surface area contributed by atoms with E-state index in [1.54, 1.807) is 12.1 Å². The maximum Gasteiger partial charge on any atom is 0.488 e. The van der Waals surface area contributed by atoms with Gasteiger partial charge in [0.2, 0.25) is 0 Å². The highest BCUT2D eigenvalue weighted by Crippen LogP contribution is 2.23. The molecule has 1 atom stereocenters. The molecule has 1 aliphatic heterocycles. The summed E-state index contributed by atoms with van der Waals surface area (Å²) >= 11 is 0. The maximum atomic E-state index is 14.0. The van der Waals surface area contributed by atoms with Gasteiger partial charge < -0.3 is 10.0 Å². The quantitative estimate of drug-likeness (QED) is 0.806. The molecule has 0 bridgehead atoms. The van der Waals surface area contributed by atoms with Gasteiger partial charge in [-0.05, 0) is 37.3 Å². The van der Waals surface area contributed by atoms with E-state index in [4.69, 9.17) is 10.0 Å². The number of halogens is 1. The number of rotatable bonds is 5.